The van der Waals surface area contributed by atoms with Gasteiger partial charge < -0.3 is 10.2 Å². The zero-order chi connectivity index (χ0) is 17.2. The molecular weight excluding hydrogens is 334 g/mol. The highest BCUT2D eigenvalue weighted by Crippen LogP contribution is 2.19. The molecule has 4 rings (SSSR count). The fourth-order valence-corrected chi connectivity index (χ4v) is 4.34. The summed E-state index contributed by atoms with van der Waals surface area (Å²) in [5.74, 6) is 0.872. The van der Waals surface area contributed by atoms with Crippen LogP contribution in [-0.2, 0) is 13.1 Å². The van der Waals surface area contributed by atoms with E-state index >= 15 is 0 Å². The lowest BCUT2D eigenvalue weighted by atomic mass is 9.94. The highest BCUT2D eigenvalue weighted by molar-refractivity contribution is 7.71. The number of H-pyrrole nitrogens is 1. The third-order valence-corrected chi connectivity index (χ3v) is 5.75. The van der Waals surface area contributed by atoms with E-state index in [0.29, 0.717) is 17.4 Å². The molecule has 0 aromatic carbocycles. The minimum absolute atomic E-state index is 0.0528. The number of hydrogen-bond acceptors (Lipinski definition) is 4. The van der Waals surface area contributed by atoms with Gasteiger partial charge in [0.15, 0.2) is 11.4 Å². The highest BCUT2D eigenvalue weighted by atomic mass is 32.1. The van der Waals surface area contributed by atoms with Crippen molar-refractivity contribution < 1.29 is 4.90 Å². The third kappa shape index (κ3) is 3.39. The van der Waals surface area contributed by atoms with Crippen LogP contribution in [0.1, 0.15) is 43.2 Å². The van der Waals surface area contributed by atoms with Gasteiger partial charge in [0.2, 0.25) is 0 Å². The molecule has 1 aliphatic carbocycles. The standard InChI is InChI=1S/C18H23N5OS/c24-17-15-11-22(14-6-2-1-3-7-14)12-20-16(15)23(18(25)21-17)10-13-5-4-8-19-9-13/h4-5,8-9,14,20H,1-3,6-7,10-12H2,(H,21,24,25)/p+1. The first-order valence-corrected chi connectivity index (χ1v) is 9.46. The monoisotopic (exact) mass is 358 g/mol. The molecule has 1 aliphatic heterocycles. The van der Waals surface area contributed by atoms with E-state index in [0.717, 1.165) is 30.2 Å². The average molecular weight is 358 g/mol. The minimum atomic E-state index is -0.0528. The number of anilines is 1. The maximum absolute atomic E-state index is 12.5. The molecule has 6 nitrogen and oxygen atoms in total. The first-order valence-electron chi connectivity index (χ1n) is 9.06. The van der Waals surface area contributed by atoms with Gasteiger partial charge in [-0.2, -0.15) is 0 Å². The van der Waals surface area contributed by atoms with E-state index in [1.165, 1.54) is 37.0 Å². The molecule has 3 N–H and O–H groups in total. The SMILES string of the molecule is O=c1[nH]c(=S)n(Cc2cccnc2)c2c1C[NH+](C1CCCCC1)CN2. The Kier molecular flexibility index (Phi) is 4.67. The van der Waals surface area contributed by atoms with Gasteiger partial charge in [-0.25, -0.2) is 0 Å². The normalized spacial score (nSPS) is 20.7. The lowest BCUT2D eigenvalue weighted by Crippen LogP contribution is -3.16. The van der Waals surface area contributed by atoms with Crippen molar-refractivity contribution in [2.45, 2.75) is 51.2 Å². The molecular formula is C18H24N5OS+. The van der Waals surface area contributed by atoms with Crippen LogP contribution in [0.15, 0.2) is 29.3 Å². The van der Waals surface area contributed by atoms with Crippen LogP contribution in [0.3, 0.4) is 0 Å². The Morgan fingerprint density at radius 2 is 2.16 bits per heavy atom. The Morgan fingerprint density at radius 1 is 1.32 bits per heavy atom. The molecule has 1 unspecified atom stereocenters. The van der Waals surface area contributed by atoms with E-state index in [1.54, 1.807) is 6.20 Å². The average Bonchev–Trinajstić information content (AvgIpc) is 2.66. The first kappa shape index (κ1) is 16.5. The second-order valence-electron chi connectivity index (χ2n) is 7.06. The van der Waals surface area contributed by atoms with Crippen molar-refractivity contribution in [1.29, 1.82) is 0 Å². The van der Waals surface area contributed by atoms with Crippen molar-refractivity contribution in [3.8, 4) is 0 Å². The number of rotatable bonds is 3. The number of nitrogens with one attached hydrogen (secondary N) is 3. The molecule has 0 spiro atoms. The van der Waals surface area contributed by atoms with E-state index in [-0.39, 0.29) is 5.56 Å². The van der Waals surface area contributed by atoms with Crippen molar-refractivity contribution in [2.75, 3.05) is 12.0 Å². The Bertz CT molecular complexity index is 854. The molecule has 132 valence electrons. The van der Waals surface area contributed by atoms with Crippen LogP contribution in [0.4, 0.5) is 5.82 Å². The van der Waals surface area contributed by atoms with Gasteiger partial charge in [0.05, 0.1) is 12.6 Å². The molecule has 25 heavy (non-hydrogen) atoms. The number of pyridine rings is 1. The largest absolute Gasteiger partial charge is 0.324 e. The predicted octanol–water partition coefficient (Wildman–Crippen LogP) is 1.45. The van der Waals surface area contributed by atoms with Gasteiger partial charge in [-0.3, -0.25) is 19.3 Å². The quantitative estimate of drug-likeness (QED) is 0.727. The van der Waals surface area contributed by atoms with Crippen LogP contribution < -0.4 is 15.8 Å². The topological polar surface area (TPSA) is 67.1 Å². The fourth-order valence-electron chi connectivity index (χ4n) is 4.09. The van der Waals surface area contributed by atoms with E-state index in [9.17, 15) is 4.79 Å². The number of nitrogens with zero attached hydrogens (tertiary/aromatic N) is 2. The third-order valence-electron chi connectivity index (χ3n) is 5.43. The molecule has 0 radical (unpaired) electrons. The Hall–Kier alpha value is -1.99. The van der Waals surface area contributed by atoms with Crippen molar-refractivity contribution in [1.82, 2.24) is 14.5 Å². The zero-order valence-electron chi connectivity index (χ0n) is 14.3. The maximum Gasteiger partial charge on any atom is 0.262 e. The van der Waals surface area contributed by atoms with Crippen molar-refractivity contribution in [3.63, 3.8) is 0 Å². The molecule has 2 aromatic rings. The van der Waals surface area contributed by atoms with Crippen LogP contribution >= 0.6 is 12.2 Å². The van der Waals surface area contributed by atoms with Crippen LogP contribution in [0, 0.1) is 4.77 Å². The number of fused-ring (bicyclic) bond motifs is 1. The van der Waals surface area contributed by atoms with Crippen LogP contribution in [0.25, 0.3) is 0 Å². The summed E-state index contributed by atoms with van der Waals surface area (Å²) in [4.78, 5) is 21.0. The molecule has 0 bridgehead atoms. The first-order chi connectivity index (χ1) is 12.2. The van der Waals surface area contributed by atoms with Gasteiger partial charge in [0.25, 0.3) is 5.56 Å². The molecule has 1 saturated carbocycles. The predicted molar refractivity (Wildman–Crippen MR) is 99.3 cm³/mol. The van der Waals surface area contributed by atoms with Gasteiger partial charge >= 0.3 is 0 Å². The fraction of sp³-hybridized carbons (Fsp3) is 0.500. The summed E-state index contributed by atoms with van der Waals surface area (Å²) in [5.41, 5.74) is 1.84. The van der Waals surface area contributed by atoms with Gasteiger partial charge in [0, 0.05) is 12.4 Å². The summed E-state index contributed by atoms with van der Waals surface area (Å²) in [6.07, 6.45) is 10.1. The van der Waals surface area contributed by atoms with E-state index in [2.05, 4.69) is 15.3 Å². The second-order valence-corrected chi connectivity index (χ2v) is 7.44. The molecule has 3 heterocycles. The smallest absolute Gasteiger partial charge is 0.262 e. The van der Waals surface area contributed by atoms with Crippen molar-refractivity contribution in [2.24, 2.45) is 0 Å². The van der Waals surface area contributed by atoms with Gasteiger partial charge in [-0.15, -0.1) is 0 Å². The minimum Gasteiger partial charge on any atom is -0.324 e. The summed E-state index contributed by atoms with van der Waals surface area (Å²) in [6, 6.07) is 4.59. The molecule has 0 saturated heterocycles. The highest BCUT2D eigenvalue weighted by Gasteiger charge is 2.31. The molecule has 2 aromatic heterocycles. The summed E-state index contributed by atoms with van der Waals surface area (Å²) >= 11 is 5.42. The van der Waals surface area contributed by atoms with Crippen molar-refractivity contribution >= 4 is 18.0 Å². The Morgan fingerprint density at radius 3 is 2.92 bits per heavy atom. The molecule has 1 fully saturated rings. The summed E-state index contributed by atoms with van der Waals surface area (Å²) < 4.78 is 2.45. The zero-order valence-corrected chi connectivity index (χ0v) is 15.1. The van der Waals surface area contributed by atoms with Crippen molar-refractivity contribution in [3.05, 3.63) is 50.8 Å². The number of quaternary nitrogens is 1. The molecule has 7 heteroatoms. The second kappa shape index (κ2) is 7.09. The molecule has 2 aliphatic rings. The van der Waals surface area contributed by atoms with Gasteiger partial charge in [-0.1, -0.05) is 12.5 Å². The number of aromatic nitrogens is 3. The number of aromatic amines is 1. The molecule has 0 amide bonds. The Balaban J connectivity index is 1.65. The van der Waals surface area contributed by atoms with Gasteiger partial charge in [-0.05, 0) is 49.5 Å². The van der Waals surface area contributed by atoms with Crippen LogP contribution in [0.5, 0.6) is 0 Å². The summed E-state index contributed by atoms with van der Waals surface area (Å²) in [6.45, 7) is 2.23. The lowest BCUT2D eigenvalue weighted by Gasteiger charge is -2.35. The summed E-state index contributed by atoms with van der Waals surface area (Å²) in [5, 5.41) is 3.50. The van der Waals surface area contributed by atoms with Crippen LogP contribution in [0.2, 0.25) is 0 Å². The van der Waals surface area contributed by atoms with E-state index < -0.39 is 0 Å². The van der Waals surface area contributed by atoms with E-state index in [4.69, 9.17) is 12.2 Å². The number of hydrogen-bond donors (Lipinski definition) is 3. The van der Waals surface area contributed by atoms with E-state index in [1.807, 2.05) is 22.9 Å². The molecule has 1 atom stereocenters. The van der Waals surface area contributed by atoms with Gasteiger partial charge in [0.1, 0.15) is 17.9 Å². The van der Waals surface area contributed by atoms with Crippen LogP contribution in [-0.4, -0.2) is 27.2 Å². The Labute approximate surface area is 151 Å². The summed E-state index contributed by atoms with van der Waals surface area (Å²) in [7, 11) is 0. The maximum atomic E-state index is 12.5. The lowest BCUT2D eigenvalue weighted by molar-refractivity contribution is -0.938.